The van der Waals surface area contributed by atoms with Crippen LogP contribution in [0.5, 0.6) is 0 Å². The molecule has 0 bridgehead atoms. The van der Waals surface area contributed by atoms with E-state index in [1.54, 1.807) is 0 Å². The third kappa shape index (κ3) is 15.4. The van der Waals surface area contributed by atoms with E-state index in [0.29, 0.717) is 6.42 Å². The molecule has 1 rings (SSSR count). The zero-order valence-electron chi connectivity index (χ0n) is 18.3. The van der Waals surface area contributed by atoms with Crippen molar-refractivity contribution in [3.8, 4) is 0 Å². The van der Waals surface area contributed by atoms with Crippen LogP contribution in [0.25, 0.3) is 0 Å². The lowest BCUT2D eigenvalue weighted by Crippen LogP contribution is -1.99. The van der Waals surface area contributed by atoms with Crippen LogP contribution in [0, 0.1) is 0 Å². The van der Waals surface area contributed by atoms with E-state index < -0.39 is 0 Å². The first-order chi connectivity index (χ1) is 13.3. The van der Waals surface area contributed by atoms with Gasteiger partial charge in [-0.25, -0.2) is 0 Å². The number of thioether (sulfide) groups is 1. The molecule has 0 spiro atoms. The number of hydrogen-bond acceptors (Lipinski definition) is 3. The Balaban J connectivity index is 1.73. The first kappa shape index (κ1) is 24.9. The Kier molecular flexibility index (Phi) is 16.5. The Hall–Kier alpha value is -0.180. The van der Waals surface area contributed by atoms with Crippen LogP contribution in [0.3, 0.4) is 0 Å². The van der Waals surface area contributed by atoms with Gasteiger partial charge in [0, 0.05) is 16.9 Å². The van der Waals surface area contributed by atoms with Gasteiger partial charge in [0.05, 0.1) is 7.11 Å². The summed E-state index contributed by atoms with van der Waals surface area (Å²) < 4.78 is 4.67. The van der Waals surface area contributed by atoms with Crippen LogP contribution < -0.4 is 0 Å². The Labute approximate surface area is 174 Å². The Morgan fingerprint density at radius 3 is 1.52 bits per heavy atom. The minimum absolute atomic E-state index is 0.0609. The minimum atomic E-state index is -0.0609. The number of rotatable bonds is 20. The van der Waals surface area contributed by atoms with Crippen LogP contribution in [-0.2, 0) is 9.53 Å². The number of hydrogen-bond donors (Lipinski definition) is 0. The summed E-state index contributed by atoms with van der Waals surface area (Å²) in [6.07, 6.45) is 25.5. The maximum absolute atomic E-state index is 11.0. The molecule has 0 aromatic heterocycles. The molecule has 0 aromatic carbocycles. The van der Waals surface area contributed by atoms with Crippen molar-refractivity contribution < 1.29 is 9.53 Å². The van der Waals surface area contributed by atoms with Crippen LogP contribution in [0.15, 0.2) is 0 Å². The summed E-state index contributed by atoms with van der Waals surface area (Å²) in [4.78, 5) is 11.0. The number of methoxy groups -OCH3 is 1. The van der Waals surface area contributed by atoms with E-state index in [1.165, 1.54) is 116 Å². The third-order valence-electron chi connectivity index (χ3n) is 5.88. The molecule has 3 heteroatoms. The minimum Gasteiger partial charge on any atom is -0.469 e. The zero-order chi connectivity index (χ0) is 19.6. The molecule has 2 atom stereocenters. The molecular formula is C24H46O2S. The molecule has 1 aliphatic heterocycles. The molecule has 1 saturated heterocycles. The van der Waals surface area contributed by atoms with Crippen molar-refractivity contribution in [3.05, 3.63) is 0 Å². The highest BCUT2D eigenvalue weighted by Crippen LogP contribution is 2.47. The molecule has 2 nitrogen and oxygen atoms in total. The van der Waals surface area contributed by atoms with Gasteiger partial charge in [-0.1, -0.05) is 103 Å². The Morgan fingerprint density at radius 1 is 0.667 bits per heavy atom. The smallest absolute Gasteiger partial charge is 0.305 e. The van der Waals surface area contributed by atoms with E-state index in [-0.39, 0.29) is 5.97 Å². The van der Waals surface area contributed by atoms with Crippen LogP contribution in [-0.4, -0.2) is 23.6 Å². The van der Waals surface area contributed by atoms with Gasteiger partial charge in [-0.05, 0) is 19.3 Å². The molecule has 1 fully saturated rings. The molecule has 0 radical (unpaired) electrons. The van der Waals surface area contributed by atoms with E-state index in [2.05, 4.69) is 23.4 Å². The van der Waals surface area contributed by atoms with E-state index >= 15 is 0 Å². The van der Waals surface area contributed by atoms with Crippen molar-refractivity contribution in [3.63, 3.8) is 0 Å². The largest absolute Gasteiger partial charge is 0.469 e. The maximum Gasteiger partial charge on any atom is 0.305 e. The van der Waals surface area contributed by atoms with E-state index in [0.717, 1.165) is 16.9 Å². The molecule has 27 heavy (non-hydrogen) atoms. The van der Waals surface area contributed by atoms with Gasteiger partial charge in [-0.3, -0.25) is 4.79 Å². The average Bonchev–Trinajstić information content (AvgIpc) is 3.43. The lowest BCUT2D eigenvalue weighted by Gasteiger charge is -2.03. The van der Waals surface area contributed by atoms with Crippen LogP contribution in [0.4, 0.5) is 0 Å². The third-order valence-corrected chi connectivity index (χ3v) is 7.39. The Morgan fingerprint density at radius 2 is 1.07 bits per heavy atom. The quantitative estimate of drug-likeness (QED) is 0.118. The van der Waals surface area contributed by atoms with Gasteiger partial charge in [-0.2, -0.15) is 11.8 Å². The molecule has 0 amide bonds. The lowest BCUT2D eigenvalue weighted by atomic mass is 10.0. The van der Waals surface area contributed by atoms with Crippen molar-refractivity contribution in [2.75, 3.05) is 7.11 Å². The Bertz CT molecular complexity index is 345. The second-order valence-corrected chi connectivity index (χ2v) is 9.90. The van der Waals surface area contributed by atoms with Crippen molar-refractivity contribution >= 4 is 17.7 Å². The fourth-order valence-corrected chi connectivity index (χ4v) is 5.18. The summed E-state index contributed by atoms with van der Waals surface area (Å²) in [6.45, 7) is 2.29. The summed E-state index contributed by atoms with van der Waals surface area (Å²) in [6, 6.07) is 0. The van der Waals surface area contributed by atoms with Gasteiger partial charge in [-0.15, -0.1) is 0 Å². The van der Waals surface area contributed by atoms with E-state index in [1.807, 2.05) is 0 Å². The fraction of sp³-hybridized carbons (Fsp3) is 0.958. The fourth-order valence-electron chi connectivity index (χ4n) is 3.94. The lowest BCUT2D eigenvalue weighted by molar-refractivity contribution is -0.140. The van der Waals surface area contributed by atoms with Crippen molar-refractivity contribution in [2.45, 2.75) is 139 Å². The number of ether oxygens (including phenoxy) is 1. The molecule has 1 aliphatic rings. The highest BCUT2D eigenvalue weighted by Gasteiger charge is 2.36. The zero-order valence-corrected chi connectivity index (χ0v) is 19.1. The van der Waals surface area contributed by atoms with Crippen LogP contribution >= 0.6 is 11.8 Å². The molecule has 0 saturated carbocycles. The first-order valence-corrected chi connectivity index (χ1v) is 12.9. The molecular weight excluding hydrogens is 352 g/mol. The van der Waals surface area contributed by atoms with E-state index in [4.69, 9.17) is 0 Å². The normalized spacial score (nSPS) is 18.6. The molecule has 0 aliphatic carbocycles. The molecule has 0 aromatic rings. The summed E-state index contributed by atoms with van der Waals surface area (Å²) in [5.41, 5.74) is 0. The van der Waals surface area contributed by atoms with E-state index in [9.17, 15) is 4.79 Å². The molecule has 1 heterocycles. The molecule has 2 unspecified atom stereocenters. The van der Waals surface area contributed by atoms with Gasteiger partial charge in [0.25, 0.3) is 0 Å². The SMILES string of the molecule is CCCCCCCCCCCCC1SC1CCCCCCCCC(=O)OC. The van der Waals surface area contributed by atoms with Gasteiger partial charge in [0.2, 0.25) is 0 Å². The summed E-state index contributed by atoms with van der Waals surface area (Å²) in [7, 11) is 1.47. The maximum atomic E-state index is 11.0. The number of esters is 1. The van der Waals surface area contributed by atoms with Crippen LogP contribution in [0.2, 0.25) is 0 Å². The van der Waals surface area contributed by atoms with Gasteiger partial charge < -0.3 is 4.74 Å². The molecule has 160 valence electrons. The van der Waals surface area contributed by atoms with Gasteiger partial charge in [0.1, 0.15) is 0 Å². The first-order valence-electron chi connectivity index (χ1n) is 12.0. The second-order valence-electron chi connectivity index (χ2n) is 8.42. The summed E-state index contributed by atoms with van der Waals surface area (Å²) in [5, 5.41) is 1.99. The number of carbonyl (C=O) groups is 1. The number of unbranched alkanes of at least 4 members (excludes halogenated alkanes) is 14. The van der Waals surface area contributed by atoms with Gasteiger partial charge >= 0.3 is 5.97 Å². The monoisotopic (exact) mass is 398 g/mol. The highest BCUT2D eigenvalue weighted by molar-refractivity contribution is 8.07. The topological polar surface area (TPSA) is 26.3 Å². The standard InChI is InChI=1S/C24H46O2S/c1-3-4-5-6-7-8-9-10-13-16-19-22-23(27-22)20-17-14-11-12-15-18-21-24(25)26-2/h22-23H,3-21H2,1-2H3. The van der Waals surface area contributed by atoms with Crippen molar-refractivity contribution in [2.24, 2.45) is 0 Å². The van der Waals surface area contributed by atoms with Gasteiger partial charge in [0.15, 0.2) is 0 Å². The average molecular weight is 399 g/mol. The summed E-state index contributed by atoms with van der Waals surface area (Å²) in [5.74, 6) is -0.0609. The molecule has 0 N–H and O–H groups in total. The predicted molar refractivity (Wildman–Crippen MR) is 121 cm³/mol. The number of carbonyl (C=O) groups excluding carboxylic acids is 1. The highest BCUT2D eigenvalue weighted by atomic mass is 32.2. The summed E-state index contributed by atoms with van der Waals surface area (Å²) >= 11 is 2.24. The predicted octanol–water partition coefficient (Wildman–Crippen LogP) is 8.08. The van der Waals surface area contributed by atoms with Crippen molar-refractivity contribution in [1.82, 2.24) is 0 Å². The van der Waals surface area contributed by atoms with Crippen LogP contribution in [0.1, 0.15) is 129 Å². The van der Waals surface area contributed by atoms with Crippen molar-refractivity contribution in [1.29, 1.82) is 0 Å². The second kappa shape index (κ2) is 17.9.